The summed E-state index contributed by atoms with van der Waals surface area (Å²) in [5.41, 5.74) is -0.689. The molecule has 0 amide bonds. The second-order valence-corrected chi connectivity index (χ2v) is 3.33. The van der Waals surface area contributed by atoms with Crippen LogP contribution in [0, 0.1) is 0 Å². The summed E-state index contributed by atoms with van der Waals surface area (Å²) in [6.07, 6.45) is 1.44. The summed E-state index contributed by atoms with van der Waals surface area (Å²) in [7, 11) is 2.96. The molecule has 0 aliphatic rings. The highest BCUT2D eigenvalue weighted by Crippen LogP contribution is 2.26. The highest BCUT2D eigenvalue weighted by atomic mass is 16.5. The van der Waals surface area contributed by atoms with Crippen molar-refractivity contribution in [2.45, 2.75) is 19.4 Å². The molecular formula is C9H14N2O3. The number of methoxy groups -OCH3 is 2. The van der Waals surface area contributed by atoms with Crippen molar-refractivity contribution in [2.75, 3.05) is 14.2 Å². The highest BCUT2D eigenvalue weighted by Gasteiger charge is 2.24. The van der Waals surface area contributed by atoms with E-state index in [1.807, 2.05) is 0 Å². The number of rotatable bonds is 3. The van der Waals surface area contributed by atoms with Crippen LogP contribution in [0.1, 0.15) is 19.5 Å². The van der Waals surface area contributed by atoms with Gasteiger partial charge in [0.1, 0.15) is 11.3 Å². The molecular weight excluding hydrogens is 184 g/mol. The largest absolute Gasteiger partial charge is 0.480 e. The predicted molar refractivity (Wildman–Crippen MR) is 50.4 cm³/mol. The van der Waals surface area contributed by atoms with Crippen molar-refractivity contribution in [3.8, 4) is 11.8 Å². The van der Waals surface area contributed by atoms with Crippen molar-refractivity contribution in [3.05, 3.63) is 11.9 Å². The van der Waals surface area contributed by atoms with E-state index in [9.17, 15) is 5.11 Å². The summed E-state index contributed by atoms with van der Waals surface area (Å²) in [5.74, 6) is 0.631. The quantitative estimate of drug-likeness (QED) is 0.775. The molecule has 1 N–H and O–H groups in total. The normalized spacial score (nSPS) is 11.2. The van der Waals surface area contributed by atoms with Gasteiger partial charge in [-0.05, 0) is 13.8 Å². The summed E-state index contributed by atoms with van der Waals surface area (Å²) in [6, 6.07) is 0. The molecule has 0 saturated heterocycles. The number of ether oxygens (including phenoxy) is 2. The smallest absolute Gasteiger partial charge is 0.241 e. The topological polar surface area (TPSA) is 64.5 Å². The maximum Gasteiger partial charge on any atom is 0.241 e. The van der Waals surface area contributed by atoms with Crippen molar-refractivity contribution in [1.29, 1.82) is 0 Å². The minimum Gasteiger partial charge on any atom is -0.480 e. The van der Waals surface area contributed by atoms with Crippen LogP contribution in [0.25, 0.3) is 0 Å². The maximum atomic E-state index is 9.74. The Labute approximate surface area is 82.7 Å². The molecule has 1 aromatic rings. The molecule has 0 saturated carbocycles. The Hall–Kier alpha value is -1.36. The number of hydrogen-bond acceptors (Lipinski definition) is 5. The Bertz CT molecular complexity index is 320. The van der Waals surface area contributed by atoms with Gasteiger partial charge in [-0.1, -0.05) is 0 Å². The van der Waals surface area contributed by atoms with Gasteiger partial charge in [-0.2, -0.15) is 4.98 Å². The molecule has 0 radical (unpaired) electrons. The zero-order valence-electron chi connectivity index (χ0n) is 8.74. The van der Waals surface area contributed by atoms with E-state index in [1.54, 1.807) is 13.8 Å². The fourth-order valence-electron chi connectivity index (χ4n) is 1.02. The van der Waals surface area contributed by atoms with Crippen LogP contribution in [0.3, 0.4) is 0 Å². The first-order chi connectivity index (χ1) is 6.49. The Morgan fingerprint density at radius 3 is 2.36 bits per heavy atom. The molecule has 0 aliphatic carbocycles. The molecule has 0 unspecified atom stereocenters. The van der Waals surface area contributed by atoms with Gasteiger partial charge in [0.2, 0.25) is 11.8 Å². The first-order valence-electron chi connectivity index (χ1n) is 4.17. The van der Waals surface area contributed by atoms with Gasteiger partial charge >= 0.3 is 0 Å². The lowest BCUT2D eigenvalue weighted by Gasteiger charge is -2.18. The molecule has 0 atom stereocenters. The molecule has 0 fully saturated rings. The Kier molecular flexibility index (Phi) is 2.90. The minimum absolute atomic E-state index is 0.275. The van der Waals surface area contributed by atoms with E-state index < -0.39 is 5.60 Å². The lowest BCUT2D eigenvalue weighted by molar-refractivity contribution is 0.0696. The zero-order chi connectivity index (χ0) is 10.8. The predicted octanol–water partition coefficient (Wildman–Crippen LogP) is 0.721. The fraction of sp³-hybridized carbons (Fsp3) is 0.556. The second-order valence-electron chi connectivity index (χ2n) is 3.33. The summed E-state index contributed by atoms with van der Waals surface area (Å²) in [6.45, 7) is 3.23. The van der Waals surface area contributed by atoms with Crippen LogP contribution in [0.15, 0.2) is 6.20 Å². The number of nitrogens with zero attached hydrogens (tertiary/aromatic N) is 2. The zero-order valence-corrected chi connectivity index (χ0v) is 8.74. The number of aromatic nitrogens is 2. The lowest BCUT2D eigenvalue weighted by Crippen LogP contribution is -2.19. The van der Waals surface area contributed by atoms with Crippen molar-refractivity contribution in [1.82, 2.24) is 9.97 Å². The molecule has 14 heavy (non-hydrogen) atoms. The Morgan fingerprint density at radius 2 is 1.93 bits per heavy atom. The molecule has 0 aliphatic heterocycles. The molecule has 0 spiro atoms. The van der Waals surface area contributed by atoms with Crippen LogP contribution < -0.4 is 9.47 Å². The Morgan fingerprint density at radius 1 is 1.29 bits per heavy atom. The van der Waals surface area contributed by atoms with Crippen LogP contribution in [0.4, 0.5) is 0 Å². The van der Waals surface area contributed by atoms with Gasteiger partial charge in [-0.25, -0.2) is 4.98 Å². The molecule has 0 bridgehead atoms. The standard InChI is InChI=1S/C9H14N2O3/c1-9(2,12)7-8(14-4)11-6(13-3)5-10-7/h5,12H,1-4H3. The van der Waals surface area contributed by atoms with Crippen molar-refractivity contribution >= 4 is 0 Å². The average molecular weight is 198 g/mol. The molecule has 5 heteroatoms. The maximum absolute atomic E-state index is 9.74. The van der Waals surface area contributed by atoms with Gasteiger partial charge in [-0.3, -0.25) is 0 Å². The van der Waals surface area contributed by atoms with Gasteiger partial charge in [0, 0.05) is 0 Å². The third kappa shape index (κ3) is 2.11. The first-order valence-corrected chi connectivity index (χ1v) is 4.17. The third-order valence-corrected chi connectivity index (χ3v) is 1.70. The van der Waals surface area contributed by atoms with Crippen LogP contribution in [-0.2, 0) is 5.60 Å². The van der Waals surface area contributed by atoms with Crippen LogP contribution in [0.2, 0.25) is 0 Å². The van der Waals surface area contributed by atoms with E-state index in [4.69, 9.17) is 9.47 Å². The SMILES string of the molecule is COc1cnc(C(C)(C)O)c(OC)n1. The number of aliphatic hydroxyl groups is 1. The fourth-order valence-corrected chi connectivity index (χ4v) is 1.02. The van der Waals surface area contributed by atoms with E-state index >= 15 is 0 Å². The molecule has 78 valence electrons. The monoisotopic (exact) mass is 198 g/mol. The van der Waals surface area contributed by atoms with Crippen molar-refractivity contribution in [3.63, 3.8) is 0 Å². The summed E-state index contributed by atoms with van der Waals surface area (Å²) >= 11 is 0. The van der Waals surface area contributed by atoms with E-state index in [1.165, 1.54) is 20.4 Å². The first kappa shape index (κ1) is 10.7. The van der Waals surface area contributed by atoms with Crippen molar-refractivity contribution in [2.24, 2.45) is 0 Å². The summed E-state index contributed by atoms with van der Waals surface area (Å²) in [5, 5.41) is 9.74. The van der Waals surface area contributed by atoms with Crippen LogP contribution in [0.5, 0.6) is 11.8 Å². The minimum atomic E-state index is -1.08. The van der Waals surface area contributed by atoms with Gasteiger partial charge in [-0.15, -0.1) is 0 Å². The van der Waals surface area contributed by atoms with E-state index in [0.717, 1.165) is 0 Å². The third-order valence-electron chi connectivity index (χ3n) is 1.70. The van der Waals surface area contributed by atoms with Gasteiger partial charge in [0.15, 0.2) is 0 Å². The summed E-state index contributed by atoms with van der Waals surface area (Å²) < 4.78 is 9.89. The number of hydrogen-bond donors (Lipinski definition) is 1. The molecule has 5 nitrogen and oxygen atoms in total. The lowest BCUT2D eigenvalue weighted by atomic mass is 10.1. The second kappa shape index (κ2) is 3.79. The van der Waals surface area contributed by atoms with E-state index in [2.05, 4.69) is 9.97 Å². The molecule has 1 heterocycles. The molecule has 1 rings (SSSR count). The van der Waals surface area contributed by atoms with Crippen LogP contribution in [-0.4, -0.2) is 29.3 Å². The molecule has 1 aromatic heterocycles. The van der Waals surface area contributed by atoms with Crippen LogP contribution >= 0.6 is 0 Å². The Balaban J connectivity index is 3.18. The molecule has 0 aromatic carbocycles. The van der Waals surface area contributed by atoms with Gasteiger partial charge < -0.3 is 14.6 Å². The summed E-state index contributed by atoms with van der Waals surface area (Å²) in [4.78, 5) is 8.04. The van der Waals surface area contributed by atoms with Gasteiger partial charge in [0.05, 0.1) is 20.4 Å². The van der Waals surface area contributed by atoms with Gasteiger partial charge in [0.25, 0.3) is 0 Å². The average Bonchev–Trinajstić information content (AvgIpc) is 2.15. The van der Waals surface area contributed by atoms with E-state index in [0.29, 0.717) is 11.6 Å². The van der Waals surface area contributed by atoms with E-state index in [-0.39, 0.29) is 5.88 Å². The van der Waals surface area contributed by atoms with Crippen molar-refractivity contribution < 1.29 is 14.6 Å². The highest BCUT2D eigenvalue weighted by molar-refractivity contribution is 5.26.